The number of pyridine rings is 1. The van der Waals surface area contributed by atoms with Crippen molar-refractivity contribution in [1.29, 1.82) is 0 Å². The molecule has 0 saturated carbocycles. The van der Waals surface area contributed by atoms with Crippen LogP contribution in [0.4, 0.5) is 11.5 Å². The molecule has 27 heavy (non-hydrogen) atoms. The molecule has 0 fully saturated rings. The first-order chi connectivity index (χ1) is 13.1. The molecule has 5 heteroatoms. The van der Waals surface area contributed by atoms with E-state index in [4.69, 9.17) is 4.74 Å². The number of methoxy groups -OCH3 is 1. The lowest BCUT2D eigenvalue weighted by Crippen LogP contribution is -2.25. The van der Waals surface area contributed by atoms with Crippen LogP contribution in [-0.4, -0.2) is 24.5 Å². The maximum atomic E-state index is 12.6. The van der Waals surface area contributed by atoms with E-state index < -0.39 is 0 Å². The minimum atomic E-state index is -0.0943. The van der Waals surface area contributed by atoms with Gasteiger partial charge < -0.3 is 15.4 Å². The Balaban J connectivity index is 1.92. The molecule has 1 aromatic heterocycles. The highest BCUT2D eigenvalue weighted by atomic mass is 16.5. The monoisotopic (exact) mass is 363 g/mol. The van der Waals surface area contributed by atoms with Crippen molar-refractivity contribution in [2.45, 2.75) is 20.3 Å². The second kappa shape index (κ2) is 8.54. The number of nitrogens with one attached hydrogen (secondary N) is 2. The van der Waals surface area contributed by atoms with Gasteiger partial charge in [0.2, 0.25) is 0 Å². The maximum Gasteiger partial charge on any atom is 0.253 e. The van der Waals surface area contributed by atoms with E-state index in [0.29, 0.717) is 23.8 Å². The number of ether oxygens (including phenoxy) is 1. The van der Waals surface area contributed by atoms with Crippen LogP contribution in [0.5, 0.6) is 5.75 Å². The average Bonchev–Trinajstić information content (AvgIpc) is 2.68. The van der Waals surface area contributed by atoms with Gasteiger partial charge in [-0.3, -0.25) is 4.79 Å². The Hall–Kier alpha value is -3.08. The van der Waals surface area contributed by atoms with Gasteiger partial charge in [0.05, 0.1) is 18.4 Å². The maximum absolute atomic E-state index is 12.6. The molecule has 3 aromatic rings. The molecule has 0 aliphatic rings. The number of rotatable bonds is 7. The fraction of sp³-hybridized carbons (Fsp3) is 0.273. The van der Waals surface area contributed by atoms with Crippen molar-refractivity contribution in [3.8, 4) is 5.75 Å². The summed E-state index contributed by atoms with van der Waals surface area (Å²) >= 11 is 0. The highest BCUT2D eigenvalue weighted by Crippen LogP contribution is 2.31. The molecule has 0 saturated heterocycles. The van der Waals surface area contributed by atoms with Crippen molar-refractivity contribution in [2.75, 3.05) is 19.0 Å². The minimum absolute atomic E-state index is 0.0943. The normalized spacial score (nSPS) is 10.8. The van der Waals surface area contributed by atoms with Crippen LogP contribution in [0.2, 0.25) is 0 Å². The van der Waals surface area contributed by atoms with E-state index in [0.717, 1.165) is 28.6 Å². The summed E-state index contributed by atoms with van der Waals surface area (Å²) < 4.78 is 5.40. The van der Waals surface area contributed by atoms with Gasteiger partial charge in [0.25, 0.3) is 5.91 Å². The summed E-state index contributed by atoms with van der Waals surface area (Å²) in [4.78, 5) is 17.1. The van der Waals surface area contributed by atoms with Crippen molar-refractivity contribution in [3.05, 3.63) is 60.3 Å². The van der Waals surface area contributed by atoms with Gasteiger partial charge in [0.15, 0.2) is 0 Å². The van der Waals surface area contributed by atoms with Gasteiger partial charge in [-0.05, 0) is 29.9 Å². The van der Waals surface area contributed by atoms with E-state index in [1.807, 2.05) is 48.5 Å². The number of para-hydroxylation sites is 2. The average molecular weight is 363 g/mol. The van der Waals surface area contributed by atoms with Gasteiger partial charge in [-0.2, -0.15) is 0 Å². The first kappa shape index (κ1) is 18.7. The molecular weight excluding hydrogens is 338 g/mol. The zero-order valence-corrected chi connectivity index (χ0v) is 16.0. The van der Waals surface area contributed by atoms with E-state index in [2.05, 4.69) is 29.5 Å². The number of hydrogen-bond donors (Lipinski definition) is 2. The molecule has 2 aromatic carbocycles. The number of amides is 1. The standard InChI is InChI=1S/C22H25N3O2/c1-15(2)12-13-23-22(26)18-14-24-21(17-9-5-4-8-16(17)18)25-19-10-6-7-11-20(19)27-3/h4-11,14-15H,12-13H2,1-3H3,(H,23,26)(H,24,25). The van der Waals surface area contributed by atoms with Crippen LogP contribution in [0.3, 0.4) is 0 Å². The fourth-order valence-corrected chi connectivity index (χ4v) is 2.92. The fourth-order valence-electron chi connectivity index (χ4n) is 2.92. The number of benzene rings is 2. The molecule has 0 radical (unpaired) electrons. The lowest BCUT2D eigenvalue weighted by molar-refractivity contribution is 0.0953. The van der Waals surface area contributed by atoms with Crippen molar-refractivity contribution >= 4 is 28.2 Å². The largest absolute Gasteiger partial charge is 0.495 e. The number of aromatic nitrogens is 1. The molecule has 5 nitrogen and oxygen atoms in total. The quantitative estimate of drug-likeness (QED) is 0.635. The van der Waals surface area contributed by atoms with Gasteiger partial charge in [-0.15, -0.1) is 0 Å². The van der Waals surface area contributed by atoms with Crippen LogP contribution in [-0.2, 0) is 0 Å². The Morgan fingerprint density at radius 3 is 2.52 bits per heavy atom. The molecule has 3 rings (SSSR count). The third-order valence-electron chi connectivity index (χ3n) is 4.41. The number of hydrogen-bond acceptors (Lipinski definition) is 4. The van der Waals surface area contributed by atoms with E-state index in [-0.39, 0.29) is 5.91 Å². The van der Waals surface area contributed by atoms with Crippen LogP contribution in [0.25, 0.3) is 10.8 Å². The molecule has 1 heterocycles. The topological polar surface area (TPSA) is 63.2 Å². The molecule has 0 atom stereocenters. The SMILES string of the molecule is COc1ccccc1Nc1ncc(C(=O)NCCC(C)C)c2ccccc12. The molecule has 0 bridgehead atoms. The lowest BCUT2D eigenvalue weighted by atomic mass is 10.1. The highest BCUT2D eigenvalue weighted by molar-refractivity contribution is 6.09. The molecular formula is C22H25N3O2. The summed E-state index contributed by atoms with van der Waals surface area (Å²) in [5, 5.41) is 8.07. The second-order valence-corrected chi connectivity index (χ2v) is 6.83. The molecule has 0 spiro atoms. The summed E-state index contributed by atoms with van der Waals surface area (Å²) in [6, 6.07) is 15.5. The lowest BCUT2D eigenvalue weighted by Gasteiger charge is -2.14. The Morgan fingerprint density at radius 1 is 1.07 bits per heavy atom. The first-order valence-electron chi connectivity index (χ1n) is 9.16. The number of anilines is 2. The smallest absolute Gasteiger partial charge is 0.253 e. The predicted octanol–water partition coefficient (Wildman–Crippen LogP) is 4.76. The van der Waals surface area contributed by atoms with Crippen molar-refractivity contribution in [1.82, 2.24) is 10.3 Å². The highest BCUT2D eigenvalue weighted by Gasteiger charge is 2.14. The molecule has 0 aliphatic heterocycles. The molecule has 140 valence electrons. The number of nitrogens with zero attached hydrogens (tertiary/aromatic N) is 1. The summed E-state index contributed by atoms with van der Waals surface area (Å²) in [5.74, 6) is 1.88. The third-order valence-corrected chi connectivity index (χ3v) is 4.41. The Morgan fingerprint density at radius 2 is 1.78 bits per heavy atom. The van der Waals surface area contributed by atoms with Gasteiger partial charge in [-0.25, -0.2) is 4.98 Å². The van der Waals surface area contributed by atoms with Crippen LogP contribution in [0.15, 0.2) is 54.7 Å². The molecule has 1 amide bonds. The summed E-state index contributed by atoms with van der Waals surface area (Å²) in [7, 11) is 1.64. The molecule has 0 aliphatic carbocycles. The van der Waals surface area contributed by atoms with Crippen LogP contribution in [0.1, 0.15) is 30.6 Å². The van der Waals surface area contributed by atoms with Gasteiger partial charge >= 0.3 is 0 Å². The summed E-state index contributed by atoms with van der Waals surface area (Å²) in [6.07, 6.45) is 2.58. The summed E-state index contributed by atoms with van der Waals surface area (Å²) in [6.45, 7) is 4.94. The molecule has 0 unspecified atom stereocenters. The predicted molar refractivity (Wildman–Crippen MR) is 110 cm³/mol. The van der Waals surface area contributed by atoms with Crippen LogP contribution < -0.4 is 15.4 Å². The van der Waals surface area contributed by atoms with E-state index in [9.17, 15) is 4.79 Å². The minimum Gasteiger partial charge on any atom is -0.495 e. The van der Waals surface area contributed by atoms with Gasteiger partial charge in [0, 0.05) is 18.1 Å². The zero-order valence-electron chi connectivity index (χ0n) is 16.0. The second-order valence-electron chi connectivity index (χ2n) is 6.83. The van der Waals surface area contributed by atoms with Crippen molar-refractivity contribution in [3.63, 3.8) is 0 Å². The number of carbonyl (C=O) groups excluding carboxylic acids is 1. The van der Waals surface area contributed by atoms with E-state index >= 15 is 0 Å². The Bertz CT molecular complexity index is 938. The van der Waals surface area contributed by atoms with Crippen molar-refractivity contribution < 1.29 is 9.53 Å². The summed E-state index contributed by atoms with van der Waals surface area (Å²) in [5.41, 5.74) is 1.41. The van der Waals surface area contributed by atoms with Gasteiger partial charge in [0.1, 0.15) is 11.6 Å². The Labute approximate surface area is 159 Å². The number of fused-ring (bicyclic) bond motifs is 1. The number of carbonyl (C=O) groups is 1. The van der Waals surface area contributed by atoms with Crippen LogP contribution >= 0.6 is 0 Å². The van der Waals surface area contributed by atoms with E-state index in [1.54, 1.807) is 13.3 Å². The van der Waals surface area contributed by atoms with E-state index in [1.165, 1.54) is 0 Å². The third kappa shape index (κ3) is 4.37. The van der Waals surface area contributed by atoms with Crippen LogP contribution in [0, 0.1) is 5.92 Å². The van der Waals surface area contributed by atoms with Gasteiger partial charge in [-0.1, -0.05) is 50.2 Å². The molecule has 2 N–H and O–H groups in total. The van der Waals surface area contributed by atoms with Crippen molar-refractivity contribution in [2.24, 2.45) is 5.92 Å². The zero-order chi connectivity index (χ0) is 19.2. The Kier molecular flexibility index (Phi) is 5.91. The first-order valence-corrected chi connectivity index (χ1v) is 9.16.